The fourth-order valence-electron chi connectivity index (χ4n) is 3.54. The number of rotatable bonds is 7. The zero-order chi connectivity index (χ0) is 24.2. The molecule has 0 spiro atoms. The Morgan fingerprint density at radius 2 is 1.38 bits per heavy atom. The molecule has 0 radical (unpaired) electrons. The predicted molar refractivity (Wildman–Crippen MR) is 119 cm³/mol. The van der Waals surface area contributed by atoms with E-state index >= 15 is 0 Å². The van der Waals surface area contributed by atoms with Crippen molar-refractivity contribution in [3.63, 3.8) is 0 Å². The van der Waals surface area contributed by atoms with E-state index < -0.39 is 35.5 Å². The molecule has 32 heavy (non-hydrogen) atoms. The third-order valence-electron chi connectivity index (χ3n) is 5.15. The van der Waals surface area contributed by atoms with E-state index in [0.717, 1.165) is 11.1 Å². The number of halogens is 2. The molecule has 0 saturated heterocycles. The first-order valence-corrected chi connectivity index (χ1v) is 10.7. The Morgan fingerprint density at radius 3 is 1.78 bits per heavy atom. The van der Waals surface area contributed by atoms with E-state index in [1.165, 1.54) is 12.1 Å². The summed E-state index contributed by atoms with van der Waals surface area (Å²) in [6.07, 6.45) is -0.739. The Morgan fingerprint density at radius 1 is 0.906 bits per heavy atom. The lowest BCUT2D eigenvalue weighted by molar-refractivity contribution is -0.163. The van der Waals surface area contributed by atoms with Crippen LogP contribution < -0.4 is 0 Å². The van der Waals surface area contributed by atoms with Gasteiger partial charge in [0.1, 0.15) is 23.3 Å². The summed E-state index contributed by atoms with van der Waals surface area (Å²) in [5.74, 6) is -2.82. The standard InChI is InChI=1S/C26H32F2O4/c1-15-12-19(8-10-21(15)27)24(20-9-11-22(28)16(2)13-20)18(4)31-25(30)17(3)14-23(29)32-26(5,6)7/h8-13,17-18,24H,14H2,1-7H3/t17-,18+/m1/s1. The molecule has 4 nitrogen and oxygen atoms in total. The number of aryl methyl sites for hydroxylation is 2. The quantitative estimate of drug-likeness (QED) is 0.489. The third kappa shape index (κ3) is 6.87. The fourth-order valence-corrected chi connectivity index (χ4v) is 3.54. The largest absolute Gasteiger partial charge is 0.461 e. The maximum atomic E-state index is 13.9. The Labute approximate surface area is 188 Å². The number of carbonyl (C=O) groups is 2. The molecule has 0 N–H and O–H groups in total. The van der Waals surface area contributed by atoms with Crippen LogP contribution >= 0.6 is 0 Å². The first kappa shape index (κ1) is 25.5. The van der Waals surface area contributed by atoms with Gasteiger partial charge in [-0.1, -0.05) is 31.2 Å². The molecule has 2 aromatic carbocycles. The van der Waals surface area contributed by atoms with E-state index in [1.54, 1.807) is 72.7 Å². The lowest BCUT2D eigenvalue weighted by atomic mass is 9.85. The normalized spacial score (nSPS) is 13.6. The number of hydrogen-bond donors (Lipinski definition) is 0. The van der Waals surface area contributed by atoms with Gasteiger partial charge in [0.15, 0.2) is 0 Å². The molecule has 0 aromatic heterocycles. The summed E-state index contributed by atoms with van der Waals surface area (Å²) >= 11 is 0. The summed E-state index contributed by atoms with van der Waals surface area (Å²) in [7, 11) is 0. The van der Waals surface area contributed by atoms with Gasteiger partial charge in [-0.3, -0.25) is 9.59 Å². The van der Waals surface area contributed by atoms with Gasteiger partial charge >= 0.3 is 11.9 Å². The molecule has 0 aliphatic heterocycles. The molecule has 0 bridgehead atoms. The topological polar surface area (TPSA) is 52.6 Å². The zero-order valence-electron chi connectivity index (χ0n) is 19.8. The Hall–Kier alpha value is -2.76. The maximum absolute atomic E-state index is 13.9. The van der Waals surface area contributed by atoms with E-state index in [0.29, 0.717) is 11.1 Å². The first-order valence-electron chi connectivity index (χ1n) is 10.7. The van der Waals surface area contributed by atoms with E-state index in [1.807, 2.05) is 0 Å². The molecule has 0 amide bonds. The highest BCUT2D eigenvalue weighted by molar-refractivity contribution is 5.80. The second-order valence-corrected chi connectivity index (χ2v) is 9.33. The Bertz CT molecular complexity index is 927. The number of esters is 2. The van der Waals surface area contributed by atoms with E-state index in [2.05, 4.69) is 0 Å². The van der Waals surface area contributed by atoms with Crippen LogP contribution in [0.25, 0.3) is 0 Å². The summed E-state index contributed by atoms with van der Waals surface area (Å²) in [5.41, 5.74) is 1.77. The van der Waals surface area contributed by atoms with Crippen LogP contribution in [-0.4, -0.2) is 23.6 Å². The van der Waals surface area contributed by atoms with Gasteiger partial charge in [-0.2, -0.15) is 0 Å². The van der Waals surface area contributed by atoms with Crippen LogP contribution in [0.5, 0.6) is 0 Å². The number of carbonyl (C=O) groups excluding carboxylic acids is 2. The van der Waals surface area contributed by atoms with Gasteiger partial charge < -0.3 is 9.47 Å². The minimum atomic E-state index is -0.696. The van der Waals surface area contributed by atoms with Gasteiger partial charge in [-0.15, -0.1) is 0 Å². The molecule has 0 unspecified atom stereocenters. The van der Waals surface area contributed by atoms with Crippen LogP contribution in [0.1, 0.15) is 69.2 Å². The summed E-state index contributed by atoms with van der Waals surface area (Å²) in [6, 6.07) is 9.42. The molecule has 2 aromatic rings. The summed E-state index contributed by atoms with van der Waals surface area (Å²) < 4.78 is 38.7. The molecule has 2 atom stereocenters. The molecular weight excluding hydrogens is 414 g/mol. The van der Waals surface area contributed by atoms with E-state index in [9.17, 15) is 18.4 Å². The van der Waals surface area contributed by atoms with Crippen LogP contribution in [0.2, 0.25) is 0 Å². The summed E-state index contributed by atoms with van der Waals surface area (Å²) in [5, 5.41) is 0. The van der Waals surface area contributed by atoms with Crippen molar-refractivity contribution in [2.45, 2.75) is 72.5 Å². The first-order chi connectivity index (χ1) is 14.8. The van der Waals surface area contributed by atoms with Crippen molar-refractivity contribution in [2.24, 2.45) is 5.92 Å². The maximum Gasteiger partial charge on any atom is 0.309 e. The van der Waals surface area contributed by atoms with Crippen molar-refractivity contribution in [1.29, 1.82) is 0 Å². The molecule has 0 heterocycles. The number of benzene rings is 2. The molecule has 0 fully saturated rings. The zero-order valence-corrected chi connectivity index (χ0v) is 19.8. The van der Waals surface area contributed by atoms with Crippen molar-refractivity contribution in [3.05, 3.63) is 70.3 Å². The SMILES string of the molecule is Cc1cc(C(c2ccc(F)c(C)c2)[C@H](C)OC(=O)[C@H](C)CC(=O)OC(C)(C)C)ccc1F. The van der Waals surface area contributed by atoms with Gasteiger partial charge in [0.05, 0.1) is 12.3 Å². The minimum Gasteiger partial charge on any atom is -0.461 e. The lowest BCUT2D eigenvalue weighted by Gasteiger charge is -2.27. The van der Waals surface area contributed by atoms with Crippen LogP contribution in [0, 0.1) is 31.4 Å². The van der Waals surface area contributed by atoms with Crippen molar-refractivity contribution in [2.75, 3.05) is 0 Å². The van der Waals surface area contributed by atoms with Crippen LogP contribution in [0.3, 0.4) is 0 Å². The van der Waals surface area contributed by atoms with Gasteiger partial charge in [0.25, 0.3) is 0 Å². The number of ether oxygens (including phenoxy) is 2. The predicted octanol–water partition coefficient (Wildman–Crippen LogP) is 6.01. The van der Waals surface area contributed by atoms with Crippen LogP contribution in [0.4, 0.5) is 8.78 Å². The second kappa shape index (κ2) is 10.2. The smallest absolute Gasteiger partial charge is 0.309 e. The molecular formula is C26H32F2O4. The van der Waals surface area contributed by atoms with Gasteiger partial charge in [0.2, 0.25) is 0 Å². The molecule has 0 saturated carbocycles. The van der Waals surface area contributed by atoms with E-state index in [4.69, 9.17) is 9.47 Å². The van der Waals surface area contributed by atoms with Gasteiger partial charge in [0, 0.05) is 5.92 Å². The van der Waals surface area contributed by atoms with Crippen molar-refractivity contribution >= 4 is 11.9 Å². The third-order valence-corrected chi connectivity index (χ3v) is 5.15. The second-order valence-electron chi connectivity index (χ2n) is 9.33. The van der Waals surface area contributed by atoms with E-state index in [-0.39, 0.29) is 18.1 Å². The number of hydrogen-bond acceptors (Lipinski definition) is 4. The lowest BCUT2D eigenvalue weighted by Crippen LogP contribution is -2.30. The molecule has 0 aliphatic carbocycles. The van der Waals surface area contributed by atoms with Crippen LogP contribution in [0.15, 0.2) is 36.4 Å². The molecule has 6 heteroatoms. The van der Waals surface area contributed by atoms with Crippen molar-refractivity contribution in [1.82, 2.24) is 0 Å². The van der Waals surface area contributed by atoms with Gasteiger partial charge in [-0.05, 0) is 75.9 Å². The van der Waals surface area contributed by atoms with Crippen LogP contribution in [-0.2, 0) is 19.1 Å². The Balaban J connectivity index is 2.27. The fraction of sp³-hybridized carbons (Fsp3) is 0.462. The minimum absolute atomic E-state index is 0.0984. The molecule has 174 valence electrons. The Kier molecular flexibility index (Phi) is 8.16. The van der Waals surface area contributed by atoms with Gasteiger partial charge in [-0.25, -0.2) is 8.78 Å². The van der Waals surface area contributed by atoms with Crippen molar-refractivity contribution in [3.8, 4) is 0 Å². The monoisotopic (exact) mass is 446 g/mol. The molecule has 0 aliphatic rings. The average molecular weight is 447 g/mol. The highest BCUT2D eigenvalue weighted by Crippen LogP contribution is 2.32. The van der Waals surface area contributed by atoms with Crippen molar-refractivity contribution < 1.29 is 27.8 Å². The summed E-state index contributed by atoms with van der Waals surface area (Å²) in [6.45, 7) is 11.9. The highest BCUT2D eigenvalue weighted by Gasteiger charge is 2.29. The molecule has 2 rings (SSSR count). The highest BCUT2D eigenvalue weighted by atomic mass is 19.1. The summed E-state index contributed by atoms with van der Waals surface area (Å²) in [4.78, 5) is 24.8. The average Bonchev–Trinajstić information content (AvgIpc) is 2.66.